The summed E-state index contributed by atoms with van der Waals surface area (Å²) in [5.74, 6) is 0. The lowest BCUT2D eigenvalue weighted by atomic mass is 9.95. The van der Waals surface area contributed by atoms with E-state index in [1.54, 1.807) is 0 Å². The molecule has 0 spiro atoms. The van der Waals surface area contributed by atoms with E-state index in [1.165, 1.54) is 38.9 Å². The van der Waals surface area contributed by atoms with Crippen LogP contribution in [0.25, 0.3) is 0 Å². The molecular formula is C13H27N3. The van der Waals surface area contributed by atoms with Crippen LogP contribution in [0.1, 0.15) is 39.5 Å². The minimum atomic E-state index is 0.657. The molecule has 0 aromatic rings. The molecule has 0 aromatic carbocycles. The van der Waals surface area contributed by atoms with E-state index < -0.39 is 0 Å². The van der Waals surface area contributed by atoms with Gasteiger partial charge in [0.25, 0.3) is 0 Å². The molecule has 2 aliphatic heterocycles. The molecule has 0 bridgehead atoms. The monoisotopic (exact) mass is 225 g/mol. The Morgan fingerprint density at radius 3 is 2.88 bits per heavy atom. The van der Waals surface area contributed by atoms with E-state index in [9.17, 15) is 0 Å². The van der Waals surface area contributed by atoms with Gasteiger partial charge in [-0.15, -0.1) is 0 Å². The molecular weight excluding hydrogens is 198 g/mol. The second-order valence-corrected chi connectivity index (χ2v) is 5.62. The van der Waals surface area contributed by atoms with Crippen molar-refractivity contribution in [2.75, 3.05) is 26.2 Å². The van der Waals surface area contributed by atoms with Crippen LogP contribution in [0.15, 0.2) is 0 Å². The molecule has 2 N–H and O–H groups in total. The molecule has 16 heavy (non-hydrogen) atoms. The largest absolute Gasteiger partial charge is 0.330 e. The van der Waals surface area contributed by atoms with Crippen molar-refractivity contribution >= 4 is 0 Å². The van der Waals surface area contributed by atoms with Crippen LogP contribution in [0.5, 0.6) is 0 Å². The average molecular weight is 225 g/mol. The van der Waals surface area contributed by atoms with Crippen LogP contribution in [0.4, 0.5) is 0 Å². The Bertz CT molecular complexity index is 219. The second kappa shape index (κ2) is 5.48. The fourth-order valence-electron chi connectivity index (χ4n) is 3.40. The van der Waals surface area contributed by atoms with E-state index in [4.69, 9.17) is 5.73 Å². The fourth-order valence-corrected chi connectivity index (χ4v) is 3.40. The quantitative estimate of drug-likeness (QED) is 0.785. The first-order chi connectivity index (χ1) is 7.72. The van der Waals surface area contributed by atoms with Gasteiger partial charge in [0.15, 0.2) is 0 Å². The Morgan fingerprint density at radius 2 is 2.12 bits per heavy atom. The van der Waals surface area contributed by atoms with Gasteiger partial charge in [-0.2, -0.15) is 0 Å². The van der Waals surface area contributed by atoms with Gasteiger partial charge < -0.3 is 5.73 Å². The first-order valence-electron chi connectivity index (χ1n) is 6.92. The lowest BCUT2D eigenvalue weighted by Gasteiger charge is -2.49. The van der Waals surface area contributed by atoms with Crippen molar-refractivity contribution < 1.29 is 0 Å². The molecule has 0 radical (unpaired) electrons. The Hall–Kier alpha value is -0.120. The van der Waals surface area contributed by atoms with Gasteiger partial charge in [-0.3, -0.25) is 9.80 Å². The van der Waals surface area contributed by atoms with Crippen molar-refractivity contribution in [3.05, 3.63) is 0 Å². The van der Waals surface area contributed by atoms with E-state index in [0.717, 1.165) is 19.0 Å². The van der Waals surface area contributed by atoms with E-state index >= 15 is 0 Å². The van der Waals surface area contributed by atoms with Gasteiger partial charge in [0.05, 0.1) is 0 Å². The highest BCUT2D eigenvalue weighted by atomic mass is 15.3. The molecule has 0 amide bonds. The third-order valence-corrected chi connectivity index (χ3v) is 4.39. The molecule has 94 valence electrons. The number of piperazine rings is 1. The number of piperidine rings is 1. The third kappa shape index (κ3) is 2.58. The summed E-state index contributed by atoms with van der Waals surface area (Å²) in [5.41, 5.74) is 5.68. The fraction of sp³-hybridized carbons (Fsp3) is 1.00. The average Bonchev–Trinajstić information content (AvgIpc) is 2.28. The Labute approximate surface area is 100.0 Å². The molecule has 2 rings (SSSR count). The zero-order chi connectivity index (χ0) is 11.5. The SMILES string of the molecule is CC(CCN)N1CC2CCCCN2CC1C. The van der Waals surface area contributed by atoms with Crippen LogP contribution >= 0.6 is 0 Å². The van der Waals surface area contributed by atoms with Crippen LogP contribution in [-0.2, 0) is 0 Å². The van der Waals surface area contributed by atoms with Crippen molar-refractivity contribution in [1.29, 1.82) is 0 Å². The predicted molar refractivity (Wildman–Crippen MR) is 68.5 cm³/mol. The zero-order valence-corrected chi connectivity index (χ0v) is 10.9. The maximum Gasteiger partial charge on any atom is 0.0224 e. The smallest absolute Gasteiger partial charge is 0.0224 e. The van der Waals surface area contributed by atoms with Crippen LogP contribution < -0.4 is 5.73 Å². The molecule has 3 unspecified atom stereocenters. The lowest BCUT2D eigenvalue weighted by molar-refractivity contribution is -0.00511. The topological polar surface area (TPSA) is 32.5 Å². The van der Waals surface area contributed by atoms with Crippen LogP contribution in [0.2, 0.25) is 0 Å². The summed E-state index contributed by atoms with van der Waals surface area (Å²) in [7, 11) is 0. The number of fused-ring (bicyclic) bond motifs is 1. The number of rotatable bonds is 3. The maximum atomic E-state index is 5.68. The summed E-state index contributed by atoms with van der Waals surface area (Å²) in [6.07, 6.45) is 5.37. The molecule has 0 aliphatic carbocycles. The van der Waals surface area contributed by atoms with E-state index in [0.29, 0.717) is 12.1 Å². The van der Waals surface area contributed by atoms with Crippen LogP contribution in [-0.4, -0.2) is 54.1 Å². The van der Waals surface area contributed by atoms with Crippen LogP contribution in [0.3, 0.4) is 0 Å². The van der Waals surface area contributed by atoms with Crippen LogP contribution in [0, 0.1) is 0 Å². The van der Waals surface area contributed by atoms with Gasteiger partial charge in [0.2, 0.25) is 0 Å². The molecule has 3 heteroatoms. The minimum Gasteiger partial charge on any atom is -0.330 e. The summed E-state index contributed by atoms with van der Waals surface area (Å²) >= 11 is 0. The molecule has 3 atom stereocenters. The molecule has 2 fully saturated rings. The summed E-state index contributed by atoms with van der Waals surface area (Å²) < 4.78 is 0. The van der Waals surface area contributed by atoms with Gasteiger partial charge in [0.1, 0.15) is 0 Å². The van der Waals surface area contributed by atoms with Gasteiger partial charge >= 0.3 is 0 Å². The number of nitrogens with two attached hydrogens (primary N) is 1. The summed E-state index contributed by atoms with van der Waals surface area (Å²) in [6.45, 7) is 9.38. The standard InChI is InChI=1S/C13H27N3/c1-11(6-7-14)16-10-13-5-3-4-8-15(13)9-12(16)2/h11-13H,3-10,14H2,1-2H3. The molecule has 2 aliphatic rings. The summed E-state index contributed by atoms with van der Waals surface area (Å²) in [4.78, 5) is 5.39. The summed E-state index contributed by atoms with van der Waals surface area (Å²) in [6, 6.07) is 2.19. The van der Waals surface area contributed by atoms with E-state index in [2.05, 4.69) is 23.6 Å². The van der Waals surface area contributed by atoms with Crippen molar-refractivity contribution in [1.82, 2.24) is 9.80 Å². The van der Waals surface area contributed by atoms with Gasteiger partial charge in [0, 0.05) is 31.2 Å². The van der Waals surface area contributed by atoms with Crippen molar-refractivity contribution in [3.63, 3.8) is 0 Å². The van der Waals surface area contributed by atoms with Crippen molar-refractivity contribution in [2.24, 2.45) is 5.73 Å². The molecule has 3 nitrogen and oxygen atoms in total. The van der Waals surface area contributed by atoms with Crippen molar-refractivity contribution in [3.8, 4) is 0 Å². The first-order valence-corrected chi connectivity index (χ1v) is 6.92. The molecule has 2 heterocycles. The Morgan fingerprint density at radius 1 is 1.31 bits per heavy atom. The highest BCUT2D eigenvalue weighted by Gasteiger charge is 2.34. The van der Waals surface area contributed by atoms with Gasteiger partial charge in [-0.25, -0.2) is 0 Å². The molecule has 0 aromatic heterocycles. The number of hydrogen-bond acceptors (Lipinski definition) is 3. The highest BCUT2D eigenvalue weighted by molar-refractivity contribution is 4.90. The first kappa shape index (κ1) is 12.3. The Balaban J connectivity index is 1.94. The zero-order valence-electron chi connectivity index (χ0n) is 10.9. The number of nitrogens with zero attached hydrogens (tertiary/aromatic N) is 2. The predicted octanol–water partition coefficient (Wildman–Crippen LogP) is 1.28. The Kier molecular flexibility index (Phi) is 4.22. The van der Waals surface area contributed by atoms with Gasteiger partial charge in [-0.05, 0) is 46.2 Å². The highest BCUT2D eigenvalue weighted by Crippen LogP contribution is 2.25. The lowest BCUT2D eigenvalue weighted by Crippen LogP contribution is -2.60. The van der Waals surface area contributed by atoms with E-state index in [1.807, 2.05) is 0 Å². The third-order valence-electron chi connectivity index (χ3n) is 4.39. The maximum absolute atomic E-state index is 5.68. The summed E-state index contributed by atoms with van der Waals surface area (Å²) in [5, 5.41) is 0. The molecule has 0 saturated carbocycles. The van der Waals surface area contributed by atoms with E-state index in [-0.39, 0.29) is 0 Å². The normalized spacial score (nSPS) is 34.7. The molecule has 2 saturated heterocycles. The second-order valence-electron chi connectivity index (χ2n) is 5.62. The minimum absolute atomic E-state index is 0.657. The van der Waals surface area contributed by atoms with Crippen molar-refractivity contribution in [2.45, 2.75) is 57.7 Å². The van der Waals surface area contributed by atoms with Gasteiger partial charge in [-0.1, -0.05) is 6.42 Å². The number of hydrogen-bond donors (Lipinski definition) is 1.